The molecule has 8 heteroatoms. The predicted octanol–water partition coefficient (Wildman–Crippen LogP) is 3.04. The number of urea groups is 1. The zero-order chi connectivity index (χ0) is 21.8. The summed E-state index contributed by atoms with van der Waals surface area (Å²) in [5, 5.41) is 8.40. The molecule has 3 rings (SSSR count). The lowest BCUT2D eigenvalue weighted by molar-refractivity contribution is -0.113. The normalized spacial score (nSPS) is 15.8. The summed E-state index contributed by atoms with van der Waals surface area (Å²) in [6.07, 6.45) is 0. The Morgan fingerprint density at radius 1 is 1.07 bits per heavy atom. The second-order valence-corrected chi connectivity index (χ2v) is 7.08. The molecule has 0 aromatic heterocycles. The lowest BCUT2D eigenvalue weighted by Crippen LogP contribution is -2.46. The average molecular weight is 410 g/mol. The Morgan fingerprint density at radius 3 is 2.37 bits per heavy atom. The molecule has 0 aliphatic carbocycles. The van der Waals surface area contributed by atoms with Crippen LogP contribution in [-0.4, -0.2) is 40.3 Å². The molecule has 8 nitrogen and oxygen atoms in total. The van der Waals surface area contributed by atoms with E-state index >= 15 is 0 Å². The molecular formula is C22H26N4O4. The Hall–Kier alpha value is -3.68. The summed E-state index contributed by atoms with van der Waals surface area (Å²) >= 11 is 0. The first-order chi connectivity index (χ1) is 14.3. The third-order valence-electron chi connectivity index (χ3n) is 4.91. The van der Waals surface area contributed by atoms with Gasteiger partial charge in [0.05, 0.1) is 31.5 Å². The van der Waals surface area contributed by atoms with E-state index in [4.69, 9.17) is 9.47 Å². The van der Waals surface area contributed by atoms with Gasteiger partial charge in [-0.25, -0.2) is 4.79 Å². The van der Waals surface area contributed by atoms with E-state index in [-0.39, 0.29) is 11.9 Å². The number of anilines is 2. The Balaban J connectivity index is 1.93. The van der Waals surface area contributed by atoms with Gasteiger partial charge in [-0.15, -0.1) is 0 Å². The van der Waals surface area contributed by atoms with Gasteiger partial charge in [-0.05, 0) is 36.8 Å². The van der Waals surface area contributed by atoms with Crippen LogP contribution < -0.4 is 30.3 Å². The molecule has 30 heavy (non-hydrogen) atoms. The Labute approximate surface area is 175 Å². The van der Waals surface area contributed by atoms with Crippen LogP contribution in [0.4, 0.5) is 16.2 Å². The monoisotopic (exact) mass is 410 g/mol. The fraction of sp³-hybridized carbons (Fsp3) is 0.273. The lowest BCUT2D eigenvalue weighted by Gasteiger charge is -2.29. The molecule has 0 fully saturated rings. The van der Waals surface area contributed by atoms with Crippen molar-refractivity contribution in [2.45, 2.75) is 13.0 Å². The third-order valence-corrected chi connectivity index (χ3v) is 4.91. The number of hydrogen-bond donors (Lipinski definition) is 3. The van der Waals surface area contributed by atoms with E-state index in [0.717, 1.165) is 11.3 Å². The summed E-state index contributed by atoms with van der Waals surface area (Å²) in [4.78, 5) is 27.3. The molecule has 2 aromatic rings. The van der Waals surface area contributed by atoms with Crippen LogP contribution in [-0.2, 0) is 4.79 Å². The molecule has 1 aliphatic rings. The molecule has 0 unspecified atom stereocenters. The summed E-state index contributed by atoms with van der Waals surface area (Å²) in [6, 6.07) is 11.9. The molecule has 0 spiro atoms. The minimum atomic E-state index is -0.584. The lowest BCUT2D eigenvalue weighted by atomic mass is 9.94. The Bertz CT molecular complexity index is 983. The van der Waals surface area contributed by atoms with Crippen molar-refractivity contribution in [2.75, 3.05) is 38.5 Å². The van der Waals surface area contributed by atoms with Crippen LogP contribution in [0.5, 0.6) is 11.5 Å². The van der Waals surface area contributed by atoms with Gasteiger partial charge < -0.3 is 30.3 Å². The molecule has 1 heterocycles. The fourth-order valence-electron chi connectivity index (χ4n) is 3.30. The van der Waals surface area contributed by atoms with E-state index in [0.29, 0.717) is 28.5 Å². The number of nitrogens with zero attached hydrogens (tertiary/aromatic N) is 1. The quantitative estimate of drug-likeness (QED) is 0.681. The minimum Gasteiger partial charge on any atom is -0.497 e. The topological polar surface area (TPSA) is 91.9 Å². The number of carbonyl (C=O) groups excluding carboxylic acids is 2. The van der Waals surface area contributed by atoms with Crippen molar-refractivity contribution < 1.29 is 19.1 Å². The van der Waals surface area contributed by atoms with Gasteiger partial charge >= 0.3 is 6.03 Å². The smallest absolute Gasteiger partial charge is 0.319 e. The van der Waals surface area contributed by atoms with Gasteiger partial charge in [0.2, 0.25) is 0 Å². The standard InChI is InChI=1S/C22H26N4O4/c1-13-19(21(27)24-17-11-10-16(29-4)12-18(17)30-5)20(25-22(28)23-13)14-6-8-15(9-7-14)26(2)3/h6-12,20H,1-5H3,(H,24,27)(H2,23,25,28)/t20-/m0/s1. The fourth-order valence-corrected chi connectivity index (χ4v) is 3.30. The molecule has 0 saturated carbocycles. The Morgan fingerprint density at radius 2 is 1.77 bits per heavy atom. The van der Waals surface area contributed by atoms with Crippen LogP contribution in [0.2, 0.25) is 0 Å². The molecule has 158 valence electrons. The van der Waals surface area contributed by atoms with Gasteiger partial charge in [-0.2, -0.15) is 0 Å². The van der Waals surface area contributed by atoms with Crippen molar-refractivity contribution in [3.8, 4) is 11.5 Å². The second kappa shape index (κ2) is 8.77. The van der Waals surface area contributed by atoms with Gasteiger partial charge in [0.15, 0.2) is 0 Å². The summed E-state index contributed by atoms with van der Waals surface area (Å²) in [7, 11) is 6.98. The predicted molar refractivity (Wildman–Crippen MR) is 116 cm³/mol. The summed E-state index contributed by atoms with van der Waals surface area (Å²) in [6.45, 7) is 1.71. The second-order valence-electron chi connectivity index (χ2n) is 7.08. The summed E-state index contributed by atoms with van der Waals surface area (Å²) in [5.41, 5.74) is 3.24. The number of amides is 3. The van der Waals surface area contributed by atoms with Crippen molar-refractivity contribution in [1.82, 2.24) is 10.6 Å². The maximum atomic E-state index is 13.2. The molecule has 1 aliphatic heterocycles. The first-order valence-electron chi connectivity index (χ1n) is 9.43. The van der Waals surface area contributed by atoms with E-state index in [1.807, 2.05) is 43.3 Å². The zero-order valence-electron chi connectivity index (χ0n) is 17.7. The van der Waals surface area contributed by atoms with Gasteiger partial charge in [0.25, 0.3) is 5.91 Å². The SMILES string of the molecule is COc1ccc(NC(=O)C2=C(C)NC(=O)N[C@H]2c2ccc(N(C)C)cc2)c(OC)c1. The van der Waals surface area contributed by atoms with Crippen molar-refractivity contribution in [3.05, 3.63) is 59.3 Å². The Kier molecular flexibility index (Phi) is 6.15. The number of methoxy groups -OCH3 is 2. The number of carbonyl (C=O) groups is 2. The number of allylic oxidation sites excluding steroid dienone is 1. The number of nitrogens with one attached hydrogen (secondary N) is 3. The molecule has 0 saturated heterocycles. The molecule has 0 bridgehead atoms. The number of ether oxygens (including phenoxy) is 2. The van der Waals surface area contributed by atoms with Crippen molar-refractivity contribution in [2.24, 2.45) is 0 Å². The maximum Gasteiger partial charge on any atom is 0.319 e. The summed E-state index contributed by atoms with van der Waals surface area (Å²) in [5.74, 6) is 0.747. The van der Waals surface area contributed by atoms with Gasteiger partial charge in [0, 0.05) is 31.5 Å². The van der Waals surface area contributed by atoms with Gasteiger partial charge in [0.1, 0.15) is 11.5 Å². The molecule has 0 radical (unpaired) electrons. The number of benzene rings is 2. The van der Waals surface area contributed by atoms with Crippen molar-refractivity contribution in [1.29, 1.82) is 0 Å². The molecule has 2 aromatic carbocycles. The van der Waals surface area contributed by atoms with E-state index in [2.05, 4.69) is 16.0 Å². The van der Waals surface area contributed by atoms with E-state index in [1.165, 1.54) is 7.11 Å². The molecule has 1 atom stereocenters. The van der Waals surface area contributed by atoms with Crippen LogP contribution in [0, 0.1) is 0 Å². The molecule has 3 N–H and O–H groups in total. The van der Waals surface area contributed by atoms with E-state index in [1.54, 1.807) is 32.2 Å². The summed E-state index contributed by atoms with van der Waals surface area (Å²) < 4.78 is 10.6. The number of hydrogen-bond acceptors (Lipinski definition) is 5. The highest BCUT2D eigenvalue weighted by molar-refractivity contribution is 6.07. The highest BCUT2D eigenvalue weighted by atomic mass is 16.5. The van der Waals surface area contributed by atoms with Crippen LogP contribution >= 0.6 is 0 Å². The molecular weight excluding hydrogens is 384 g/mol. The third kappa shape index (κ3) is 4.32. The average Bonchev–Trinajstić information content (AvgIpc) is 2.73. The largest absolute Gasteiger partial charge is 0.497 e. The van der Waals surface area contributed by atoms with E-state index < -0.39 is 6.04 Å². The van der Waals surface area contributed by atoms with Crippen molar-refractivity contribution in [3.63, 3.8) is 0 Å². The van der Waals surface area contributed by atoms with Crippen molar-refractivity contribution >= 4 is 23.3 Å². The highest BCUT2D eigenvalue weighted by Crippen LogP contribution is 2.32. The minimum absolute atomic E-state index is 0.342. The van der Waals surface area contributed by atoms with Crippen LogP contribution in [0.15, 0.2) is 53.7 Å². The van der Waals surface area contributed by atoms with Crippen LogP contribution in [0.3, 0.4) is 0 Å². The van der Waals surface area contributed by atoms with Crippen LogP contribution in [0.1, 0.15) is 18.5 Å². The highest BCUT2D eigenvalue weighted by Gasteiger charge is 2.31. The van der Waals surface area contributed by atoms with Gasteiger partial charge in [-0.3, -0.25) is 4.79 Å². The first kappa shape index (κ1) is 21.0. The van der Waals surface area contributed by atoms with E-state index in [9.17, 15) is 9.59 Å². The van der Waals surface area contributed by atoms with Gasteiger partial charge in [-0.1, -0.05) is 12.1 Å². The number of rotatable bonds is 6. The maximum absolute atomic E-state index is 13.2. The zero-order valence-corrected chi connectivity index (χ0v) is 17.7. The van der Waals surface area contributed by atoms with Crippen LogP contribution in [0.25, 0.3) is 0 Å². The first-order valence-corrected chi connectivity index (χ1v) is 9.43. The molecule has 3 amide bonds.